The molecule has 0 bridgehead atoms. The van der Waals surface area contributed by atoms with E-state index in [1.807, 2.05) is 54.6 Å². The van der Waals surface area contributed by atoms with Gasteiger partial charge in [-0.3, -0.25) is 9.78 Å². The second kappa shape index (κ2) is 5.36. The summed E-state index contributed by atoms with van der Waals surface area (Å²) in [5, 5.41) is 4.70. The maximum absolute atomic E-state index is 12.9. The largest absolute Gasteiger partial charge is 0.325 e. The molecule has 1 N–H and O–H groups in total. The number of nitrogens with one attached hydrogen (secondary N) is 1. The number of pyridine rings is 1. The number of carbonyl (C=O) groups excluding carboxylic acids is 1. The molecule has 114 valence electrons. The van der Waals surface area contributed by atoms with Crippen LogP contribution in [0.1, 0.15) is 18.4 Å². The molecule has 2 aromatic carbocycles. The lowest BCUT2D eigenvalue weighted by molar-refractivity contribution is -0.118. The van der Waals surface area contributed by atoms with Crippen LogP contribution in [0.2, 0.25) is 5.02 Å². The van der Waals surface area contributed by atoms with Crippen molar-refractivity contribution in [2.75, 3.05) is 5.32 Å². The fourth-order valence-corrected chi connectivity index (χ4v) is 3.20. The van der Waals surface area contributed by atoms with E-state index >= 15 is 0 Å². The van der Waals surface area contributed by atoms with E-state index in [1.54, 1.807) is 6.20 Å². The molecule has 23 heavy (non-hydrogen) atoms. The minimum atomic E-state index is -0.449. The van der Waals surface area contributed by atoms with Crippen LogP contribution in [0.15, 0.2) is 60.8 Å². The van der Waals surface area contributed by atoms with Gasteiger partial charge in [0.15, 0.2) is 0 Å². The van der Waals surface area contributed by atoms with Crippen LogP contribution in [0.5, 0.6) is 0 Å². The number of hydrogen-bond donors (Lipinski definition) is 1. The predicted molar refractivity (Wildman–Crippen MR) is 92.7 cm³/mol. The fraction of sp³-hybridized carbons (Fsp3) is 0.158. The average molecular weight is 323 g/mol. The molecule has 1 aliphatic carbocycles. The van der Waals surface area contributed by atoms with Crippen LogP contribution < -0.4 is 5.32 Å². The predicted octanol–water partition coefficient (Wildman–Crippen LogP) is 4.56. The van der Waals surface area contributed by atoms with Gasteiger partial charge in [-0.1, -0.05) is 29.8 Å². The van der Waals surface area contributed by atoms with Crippen LogP contribution in [0, 0.1) is 0 Å². The molecule has 0 unspecified atom stereocenters. The minimum Gasteiger partial charge on any atom is -0.325 e. The highest BCUT2D eigenvalue weighted by molar-refractivity contribution is 6.30. The first-order valence-corrected chi connectivity index (χ1v) is 7.98. The Kier molecular flexibility index (Phi) is 3.31. The molecular formula is C19H15ClN2O. The van der Waals surface area contributed by atoms with Crippen LogP contribution in [0.3, 0.4) is 0 Å². The average Bonchev–Trinajstić information content (AvgIpc) is 3.37. The van der Waals surface area contributed by atoms with E-state index in [-0.39, 0.29) is 5.91 Å². The van der Waals surface area contributed by atoms with E-state index in [1.165, 1.54) is 0 Å². The van der Waals surface area contributed by atoms with E-state index < -0.39 is 5.41 Å². The molecule has 0 aliphatic heterocycles. The molecule has 0 atom stereocenters. The third kappa shape index (κ3) is 2.47. The van der Waals surface area contributed by atoms with E-state index in [2.05, 4.69) is 10.3 Å². The lowest BCUT2D eigenvalue weighted by atomic mass is 9.95. The zero-order chi connectivity index (χ0) is 15.9. The molecule has 1 heterocycles. The second-order valence-corrected chi connectivity index (χ2v) is 6.36. The zero-order valence-corrected chi connectivity index (χ0v) is 13.2. The normalized spacial score (nSPS) is 15.3. The van der Waals surface area contributed by atoms with Crippen LogP contribution in [0.4, 0.5) is 5.69 Å². The first-order chi connectivity index (χ1) is 11.2. The van der Waals surface area contributed by atoms with Crippen molar-refractivity contribution in [3.8, 4) is 0 Å². The van der Waals surface area contributed by atoms with Gasteiger partial charge in [0.2, 0.25) is 5.91 Å². The number of rotatable bonds is 3. The number of benzene rings is 2. The summed E-state index contributed by atoms with van der Waals surface area (Å²) < 4.78 is 0. The molecule has 1 aliphatic rings. The Morgan fingerprint density at radius 2 is 1.91 bits per heavy atom. The van der Waals surface area contributed by atoms with Gasteiger partial charge in [-0.25, -0.2) is 0 Å². The fourth-order valence-electron chi connectivity index (χ4n) is 3.01. The van der Waals surface area contributed by atoms with Crippen molar-refractivity contribution in [2.45, 2.75) is 18.3 Å². The lowest BCUT2D eigenvalue weighted by Crippen LogP contribution is -2.27. The summed E-state index contributed by atoms with van der Waals surface area (Å²) in [5.41, 5.74) is 2.21. The SMILES string of the molecule is O=C(Nc1cccc2ncccc12)C1(c2cccc(Cl)c2)CC1. The molecular weight excluding hydrogens is 308 g/mol. The summed E-state index contributed by atoms with van der Waals surface area (Å²) in [6, 6.07) is 17.2. The zero-order valence-electron chi connectivity index (χ0n) is 12.4. The van der Waals surface area contributed by atoms with Crippen molar-refractivity contribution in [2.24, 2.45) is 0 Å². The smallest absolute Gasteiger partial charge is 0.235 e. The minimum absolute atomic E-state index is 0.0242. The van der Waals surface area contributed by atoms with E-state index in [0.29, 0.717) is 5.02 Å². The molecule has 3 aromatic rings. The summed E-state index contributed by atoms with van der Waals surface area (Å²) in [6.07, 6.45) is 3.45. The van der Waals surface area contributed by atoms with Gasteiger partial charge in [0.05, 0.1) is 16.6 Å². The third-order valence-corrected chi connectivity index (χ3v) is 4.69. The topological polar surface area (TPSA) is 42.0 Å². The van der Waals surface area contributed by atoms with Crippen molar-refractivity contribution < 1.29 is 4.79 Å². The Labute approximate surface area is 139 Å². The van der Waals surface area contributed by atoms with Gasteiger partial charge in [0.1, 0.15) is 0 Å². The van der Waals surface area contributed by atoms with Gasteiger partial charge in [-0.15, -0.1) is 0 Å². The van der Waals surface area contributed by atoms with E-state index in [9.17, 15) is 4.79 Å². The van der Waals surface area contributed by atoms with Gasteiger partial charge in [-0.05, 0) is 54.8 Å². The summed E-state index contributed by atoms with van der Waals surface area (Å²) in [6.45, 7) is 0. The number of anilines is 1. The Morgan fingerprint density at radius 3 is 2.70 bits per heavy atom. The molecule has 4 rings (SSSR count). The van der Waals surface area contributed by atoms with Crippen LogP contribution >= 0.6 is 11.6 Å². The molecule has 0 saturated heterocycles. The monoisotopic (exact) mass is 322 g/mol. The van der Waals surface area contributed by atoms with Gasteiger partial charge < -0.3 is 5.32 Å². The number of halogens is 1. The van der Waals surface area contributed by atoms with Crippen molar-refractivity contribution in [3.05, 3.63) is 71.4 Å². The van der Waals surface area contributed by atoms with Crippen LogP contribution in [-0.4, -0.2) is 10.9 Å². The number of amides is 1. The molecule has 0 radical (unpaired) electrons. The highest BCUT2D eigenvalue weighted by atomic mass is 35.5. The van der Waals surface area contributed by atoms with Crippen molar-refractivity contribution in [3.63, 3.8) is 0 Å². The van der Waals surface area contributed by atoms with Gasteiger partial charge >= 0.3 is 0 Å². The Bertz CT molecular complexity index is 897. The van der Waals surface area contributed by atoms with E-state index in [0.717, 1.165) is 35.0 Å². The molecule has 1 aromatic heterocycles. The molecule has 1 amide bonds. The summed E-state index contributed by atoms with van der Waals surface area (Å²) in [7, 11) is 0. The van der Waals surface area contributed by atoms with Gasteiger partial charge in [0, 0.05) is 16.6 Å². The number of carbonyl (C=O) groups is 1. The Morgan fingerprint density at radius 1 is 1.09 bits per heavy atom. The number of fused-ring (bicyclic) bond motifs is 1. The number of nitrogens with zero attached hydrogens (tertiary/aromatic N) is 1. The molecule has 0 spiro atoms. The van der Waals surface area contributed by atoms with Crippen molar-refractivity contribution >= 4 is 34.1 Å². The van der Waals surface area contributed by atoms with Crippen LogP contribution in [-0.2, 0) is 10.2 Å². The summed E-state index contributed by atoms with van der Waals surface area (Å²) >= 11 is 6.08. The lowest BCUT2D eigenvalue weighted by Gasteiger charge is -2.17. The Balaban J connectivity index is 1.67. The first-order valence-electron chi connectivity index (χ1n) is 7.60. The molecule has 1 fully saturated rings. The second-order valence-electron chi connectivity index (χ2n) is 5.92. The van der Waals surface area contributed by atoms with Crippen LogP contribution in [0.25, 0.3) is 10.9 Å². The third-order valence-electron chi connectivity index (χ3n) is 4.46. The first kappa shape index (κ1) is 14.2. The summed E-state index contributed by atoms with van der Waals surface area (Å²) in [5.74, 6) is 0.0242. The van der Waals surface area contributed by atoms with Crippen molar-refractivity contribution in [1.82, 2.24) is 4.98 Å². The van der Waals surface area contributed by atoms with Gasteiger partial charge in [0.25, 0.3) is 0 Å². The molecule has 3 nitrogen and oxygen atoms in total. The van der Waals surface area contributed by atoms with Gasteiger partial charge in [-0.2, -0.15) is 0 Å². The molecule has 4 heteroatoms. The summed E-state index contributed by atoms with van der Waals surface area (Å²) in [4.78, 5) is 17.2. The quantitative estimate of drug-likeness (QED) is 0.768. The molecule has 1 saturated carbocycles. The number of hydrogen-bond acceptors (Lipinski definition) is 2. The maximum atomic E-state index is 12.9. The number of aromatic nitrogens is 1. The standard InChI is InChI=1S/C19H15ClN2O/c20-14-5-1-4-13(12-14)19(9-10-19)18(23)22-17-8-2-7-16-15(17)6-3-11-21-16/h1-8,11-12H,9-10H2,(H,22,23). The Hall–Kier alpha value is -2.39. The van der Waals surface area contributed by atoms with E-state index in [4.69, 9.17) is 11.6 Å². The highest BCUT2D eigenvalue weighted by Gasteiger charge is 2.51. The van der Waals surface area contributed by atoms with Crippen molar-refractivity contribution in [1.29, 1.82) is 0 Å². The highest BCUT2D eigenvalue weighted by Crippen LogP contribution is 2.49. The maximum Gasteiger partial charge on any atom is 0.235 e.